The molecule has 2 rings (SSSR count). The number of rotatable bonds is 5. The van der Waals surface area contributed by atoms with Crippen LogP contribution in [-0.4, -0.2) is 37.5 Å². The molecule has 2 atom stereocenters. The molecule has 0 bridgehead atoms. The zero-order chi connectivity index (χ0) is 13.7. The Kier molecular flexibility index (Phi) is 7.90. The lowest BCUT2D eigenvalue weighted by molar-refractivity contribution is -0.137. The minimum atomic E-state index is 0. The van der Waals surface area contributed by atoms with Crippen molar-refractivity contribution in [3.05, 3.63) is 0 Å². The topological polar surface area (TPSA) is 32.3 Å². The summed E-state index contributed by atoms with van der Waals surface area (Å²) < 4.78 is 0. The molecule has 2 unspecified atom stereocenters. The van der Waals surface area contributed by atoms with Crippen LogP contribution >= 0.6 is 12.4 Å². The number of carbonyl (C=O) groups is 1. The SMILES string of the molecule is CNCC1CCCN(C(=O)C(C)CC2CCCC2)C1.Cl. The fraction of sp³-hybridized carbons (Fsp3) is 0.938. The summed E-state index contributed by atoms with van der Waals surface area (Å²) in [5.41, 5.74) is 0. The Bertz CT molecular complexity index is 290. The van der Waals surface area contributed by atoms with E-state index < -0.39 is 0 Å². The fourth-order valence-corrected chi connectivity index (χ4v) is 3.88. The molecule has 2 aliphatic rings. The normalized spacial score (nSPS) is 25.3. The van der Waals surface area contributed by atoms with Crippen molar-refractivity contribution in [3.8, 4) is 0 Å². The van der Waals surface area contributed by atoms with Crippen LogP contribution < -0.4 is 5.32 Å². The number of carbonyl (C=O) groups excluding carboxylic acids is 1. The quantitative estimate of drug-likeness (QED) is 0.846. The van der Waals surface area contributed by atoms with Crippen molar-refractivity contribution in [2.24, 2.45) is 17.8 Å². The number of nitrogens with one attached hydrogen (secondary N) is 1. The van der Waals surface area contributed by atoms with Crippen molar-refractivity contribution >= 4 is 18.3 Å². The smallest absolute Gasteiger partial charge is 0.225 e. The van der Waals surface area contributed by atoms with E-state index in [0.29, 0.717) is 11.8 Å². The van der Waals surface area contributed by atoms with Crippen LogP contribution in [0.5, 0.6) is 0 Å². The van der Waals surface area contributed by atoms with E-state index in [-0.39, 0.29) is 18.3 Å². The van der Waals surface area contributed by atoms with Gasteiger partial charge in [-0.3, -0.25) is 4.79 Å². The van der Waals surface area contributed by atoms with Crippen LogP contribution in [0.15, 0.2) is 0 Å². The second-order valence-corrected chi connectivity index (χ2v) is 6.64. The molecule has 1 saturated heterocycles. The van der Waals surface area contributed by atoms with E-state index in [0.717, 1.165) is 32.0 Å². The molecule has 2 fully saturated rings. The van der Waals surface area contributed by atoms with Gasteiger partial charge in [-0.05, 0) is 44.7 Å². The van der Waals surface area contributed by atoms with Gasteiger partial charge in [0.05, 0.1) is 0 Å². The first-order valence-corrected chi connectivity index (χ1v) is 8.14. The highest BCUT2D eigenvalue weighted by Gasteiger charge is 2.28. The van der Waals surface area contributed by atoms with Gasteiger partial charge in [-0.2, -0.15) is 0 Å². The summed E-state index contributed by atoms with van der Waals surface area (Å²) in [6, 6.07) is 0. The molecule has 1 amide bonds. The van der Waals surface area contributed by atoms with Gasteiger partial charge in [-0.15, -0.1) is 12.4 Å². The van der Waals surface area contributed by atoms with E-state index in [1.54, 1.807) is 0 Å². The van der Waals surface area contributed by atoms with Gasteiger partial charge in [0, 0.05) is 19.0 Å². The highest BCUT2D eigenvalue weighted by Crippen LogP contribution is 2.31. The first kappa shape index (κ1) is 17.8. The number of likely N-dealkylation sites (tertiary alicyclic amines) is 1. The third kappa shape index (κ3) is 4.92. The highest BCUT2D eigenvalue weighted by atomic mass is 35.5. The Morgan fingerprint density at radius 1 is 1.20 bits per heavy atom. The standard InChI is InChI=1S/C16H30N2O.ClH/c1-13(10-14-6-3-4-7-14)16(19)18-9-5-8-15(12-18)11-17-2;/h13-15,17H,3-12H2,1-2H3;1H. The van der Waals surface area contributed by atoms with Crippen LogP contribution in [0.1, 0.15) is 51.9 Å². The molecule has 0 aromatic rings. The van der Waals surface area contributed by atoms with Crippen LogP contribution in [0.25, 0.3) is 0 Å². The molecule has 1 aliphatic heterocycles. The first-order chi connectivity index (χ1) is 9.20. The average molecular weight is 303 g/mol. The molecule has 0 aromatic heterocycles. The van der Waals surface area contributed by atoms with Gasteiger partial charge in [0.1, 0.15) is 0 Å². The van der Waals surface area contributed by atoms with Gasteiger partial charge >= 0.3 is 0 Å². The number of hydrogen-bond donors (Lipinski definition) is 1. The van der Waals surface area contributed by atoms with Crippen molar-refractivity contribution < 1.29 is 4.79 Å². The Labute approximate surface area is 130 Å². The summed E-state index contributed by atoms with van der Waals surface area (Å²) in [6.07, 6.45) is 9.00. The van der Waals surface area contributed by atoms with Gasteiger partial charge < -0.3 is 10.2 Å². The van der Waals surface area contributed by atoms with Crippen LogP contribution in [0.2, 0.25) is 0 Å². The number of halogens is 1. The lowest BCUT2D eigenvalue weighted by Crippen LogP contribution is -2.44. The van der Waals surface area contributed by atoms with Gasteiger partial charge in [-0.1, -0.05) is 32.6 Å². The molecule has 0 spiro atoms. The summed E-state index contributed by atoms with van der Waals surface area (Å²) in [4.78, 5) is 14.7. The number of piperidine rings is 1. The van der Waals surface area contributed by atoms with Crippen molar-refractivity contribution in [2.75, 3.05) is 26.7 Å². The molecule has 118 valence electrons. The number of amides is 1. The molecule has 0 radical (unpaired) electrons. The van der Waals surface area contributed by atoms with Crippen LogP contribution in [0.4, 0.5) is 0 Å². The van der Waals surface area contributed by atoms with E-state index in [9.17, 15) is 4.79 Å². The minimum Gasteiger partial charge on any atom is -0.342 e. The predicted octanol–water partition coefficient (Wildman–Crippen LogP) is 3.08. The van der Waals surface area contributed by atoms with Crippen LogP contribution in [-0.2, 0) is 4.79 Å². The van der Waals surface area contributed by atoms with Gasteiger partial charge in [0.2, 0.25) is 5.91 Å². The molecule has 20 heavy (non-hydrogen) atoms. The Balaban J connectivity index is 0.00000200. The second kappa shape index (κ2) is 8.89. The molecular formula is C16H31ClN2O. The molecule has 0 aromatic carbocycles. The third-order valence-corrected chi connectivity index (χ3v) is 4.91. The Morgan fingerprint density at radius 3 is 2.50 bits per heavy atom. The van der Waals surface area contributed by atoms with Gasteiger partial charge in [0.25, 0.3) is 0 Å². The molecule has 1 N–H and O–H groups in total. The zero-order valence-electron chi connectivity index (χ0n) is 13.1. The summed E-state index contributed by atoms with van der Waals surface area (Å²) in [7, 11) is 2.00. The van der Waals surface area contributed by atoms with E-state index in [1.807, 2.05) is 7.05 Å². The first-order valence-electron chi connectivity index (χ1n) is 8.14. The predicted molar refractivity (Wildman–Crippen MR) is 86.2 cm³/mol. The average Bonchev–Trinajstić information content (AvgIpc) is 2.91. The Hall–Kier alpha value is -0.280. The summed E-state index contributed by atoms with van der Waals surface area (Å²) in [5, 5.41) is 3.25. The van der Waals surface area contributed by atoms with Gasteiger partial charge in [-0.25, -0.2) is 0 Å². The van der Waals surface area contributed by atoms with E-state index >= 15 is 0 Å². The monoisotopic (exact) mass is 302 g/mol. The molecule has 3 nitrogen and oxygen atoms in total. The highest BCUT2D eigenvalue weighted by molar-refractivity contribution is 5.85. The zero-order valence-corrected chi connectivity index (χ0v) is 13.9. The minimum absolute atomic E-state index is 0. The largest absolute Gasteiger partial charge is 0.342 e. The van der Waals surface area contributed by atoms with Crippen molar-refractivity contribution in [2.45, 2.75) is 51.9 Å². The second-order valence-electron chi connectivity index (χ2n) is 6.64. The maximum absolute atomic E-state index is 12.5. The number of hydrogen-bond acceptors (Lipinski definition) is 2. The third-order valence-electron chi connectivity index (χ3n) is 4.91. The van der Waals surface area contributed by atoms with E-state index in [2.05, 4.69) is 17.1 Å². The summed E-state index contributed by atoms with van der Waals surface area (Å²) in [5.74, 6) is 2.11. The van der Waals surface area contributed by atoms with E-state index in [1.165, 1.54) is 38.5 Å². The van der Waals surface area contributed by atoms with Crippen molar-refractivity contribution in [3.63, 3.8) is 0 Å². The van der Waals surface area contributed by atoms with Gasteiger partial charge in [0.15, 0.2) is 0 Å². The van der Waals surface area contributed by atoms with Crippen molar-refractivity contribution in [1.82, 2.24) is 10.2 Å². The summed E-state index contributed by atoms with van der Waals surface area (Å²) >= 11 is 0. The number of nitrogens with zero attached hydrogens (tertiary/aromatic N) is 1. The molecular weight excluding hydrogens is 272 g/mol. The maximum Gasteiger partial charge on any atom is 0.225 e. The molecule has 4 heteroatoms. The maximum atomic E-state index is 12.5. The van der Waals surface area contributed by atoms with Crippen molar-refractivity contribution in [1.29, 1.82) is 0 Å². The van der Waals surface area contributed by atoms with Crippen LogP contribution in [0, 0.1) is 17.8 Å². The summed E-state index contributed by atoms with van der Waals surface area (Å²) in [6.45, 7) is 5.13. The lowest BCUT2D eigenvalue weighted by atomic mass is 9.91. The molecule has 1 aliphatic carbocycles. The lowest BCUT2D eigenvalue weighted by Gasteiger charge is -2.34. The molecule has 1 saturated carbocycles. The molecule has 1 heterocycles. The fourth-order valence-electron chi connectivity index (χ4n) is 3.88. The Morgan fingerprint density at radius 2 is 1.85 bits per heavy atom. The van der Waals surface area contributed by atoms with E-state index in [4.69, 9.17) is 0 Å². The van der Waals surface area contributed by atoms with Crippen LogP contribution in [0.3, 0.4) is 0 Å².